The van der Waals surface area contributed by atoms with Gasteiger partial charge in [-0.05, 0) is 48.8 Å². The molecular weight excluding hydrogens is 514 g/mol. The molecule has 0 aliphatic carbocycles. The average Bonchev–Trinajstić information content (AvgIpc) is 2.77. The Hall–Kier alpha value is -3.18. The Balaban J connectivity index is 1.70. The zero-order valence-electron chi connectivity index (χ0n) is 18.7. The van der Waals surface area contributed by atoms with Crippen LogP contribution in [0.4, 0.5) is 8.78 Å². The number of carbonyl (C=O) groups excluding carboxylic acids is 1. The van der Waals surface area contributed by atoms with Crippen molar-refractivity contribution in [2.45, 2.75) is 46.1 Å². The van der Waals surface area contributed by atoms with Crippen LogP contribution in [0.1, 0.15) is 36.5 Å². The van der Waals surface area contributed by atoms with Crippen LogP contribution in [-0.2, 0) is 24.5 Å². The molecule has 0 radical (unpaired) electrons. The number of halogens is 3. The second kappa shape index (κ2) is 10.4. The molecule has 0 saturated heterocycles. The average molecular weight is 537 g/mol. The van der Waals surface area contributed by atoms with Crippen molar-refractivity contribution in [1.82, 2.24) is 19.9 Å². The van der Waals surface area contributed by atoms with Gasteiger partial charge in [0.15, 0.2) is 0 Å². The molecule has 3 rings (SSSR count). The largest absolute Gasteiger partial charge is 0.487 e. The molecule has 11 heteroatoms. The number of carbonyl (C=O) groups is 1. The van der Waals surface area contributed by atoms with E-state index >= 15 is 0 Å². The molecule has 3 aromatic rings. The lowest BCUT2D eigenvalue weighted by atomic mass is 10.1. The van der Waals surface area contributed by atoms with Crippen molar-refractivity contribution in [2.24, 2.45) is 0 Å². The first-order valence-corrected chi connectivity index (χ1v) is 11.0. The standard InChI is InChI=1S/C23H23BrF2N4O4/c1-13-6-19(34-12-14-4-5-15(25)7-18(14)26)20(24)21(31)30(13)11-17-10-27-16(8-28-17)9-29-22(32)23(2,3)33/h4-8,10,33H,9,11-12H2,1-3H3,(H,29,32). The first-order chi connectivity index (χ1) is 16.0. The maximum Gasteiger partial charge on any atom is 0.269 e. The topological polar surface area (TPSA) is 106 Å². The molecular formula is C23H23BrF2N4O4. The fourth-order valence-corrected chi connectivity index (χ4v) is 3.36. The lowest BCUT2D eigenvalue weighted by Crippen LogP contribution is -2.41. The number of hydrogen-bond donors (Lipinski definition) is 2. The number of aromatic nitrogens is 3. The number of pyridine rings is 1. The molecule has 0 fully saturated rings. The van der Waals surface area contributed by atoms with Crippen LogP contribution in [0.5, 0.6) is 5.75 Å². The fourth-order valence-electron chi connectivity index (χ4n) is 2.91. The van der Waals surface area contributed by atoms with Crippen molar-refractivity contribution in [3.05, 3.63) is 85.8 Å². The minimum atomic E-state index is -1.50. The first kappa shape index (κ1) is 25.4. The summed E-state index contributed by atoms with van der Waals surface area (Å²) in [5.74, 6) is -1.72. The van der Waals surface area contributed by atoms with Gasteiger partial charge in [-0.25, -0.2) is 8.78 Å². The van der Waals surface area contributed by atoms with Crippen LogP contribution in [0.2, 0.25) is 0 Å². The summed E-state index contributed by atoms with van der Waals surface area (Å²) in [4.78, 5) is 33.1. The SMILES string of the molecule is Cc1cc(OCc2ccc(F)cc2F)c(Br)c(=O)n1Cc1cnc(CNC(=O)C(C)(C)O)cn1. The zero-order valence-corrected chi connectivity index (χ0v) is 20.3. The molecule has 0 unspecified atom stereocenters. The normalized spacial score (nSPS) is 11.4. The second-order valence-electron chi connectivity index (χ2n) is 8.12. The van der Waals surface area contributed by atoms with Crippen LogP contribution >= 0.6 is 15.9 Å². The summed E-state index contributed by atoms with van der Waals surface area (Å²) in [6, 6.07) is 4.81. The third kappa shape index (κ3) is 6.23. The monoisotopic (exact) mass is 536 g/mol. The molecule has 0 atom stereocenters. The molecule has 2 heterocycles. The van der Waals surface area contributed by atoms with Gasteiger partial charge >= 0.3 is 0 Å². The van der Waals surface area contributed by atoms with Gasteiger partial charge < -0.3 is 19.7 Å². The minimum absolute atomic E-state index is 0.0985. The van der Waals surface area contributed by atoms with E-state index in [2.05, 4.69) is 31.2 Å². The fraction of sp³-hybridized carbons (Fsp3) is 0.304. The predicted octanol–water partition coefficient (Wildman–Crippen LogP) is 3.00. The van der Waals surface area contributed by atoms with E-state index < -0.39 is 23.1 Å². The molecule has 2 N–H and O–H groups in total. The van der Waals surface area contributed by atoms with Gasteiger partial charge in [0, 0.05) is 23.4 Å². The Kier molecular flexibility index (Phi) is 7.78. The molecule has 1 amide bonds. The van der Waals surface area contributed by atoms with Crippen LogP contribution in [0.3, 0.4) is 0 Å². The summed E-state index contributed by atoms with van der Waals surface area (Å²) in [5, 5.41) is 12.2. The van der Waals surface area contributed by atoms with E-state index in [1.165, 1.54) is 36.9 Å². The minimum Gasteiger partial charge on any atom is -0.487 e. The number of rotatable bonds is 8. The molecule has 0 aliphatic heterocycles. The Bertz CT molecular complexity index is 1260. The molecule has 8 nitrogen and oxygen atoms in total. The number of aryl methyl sites for hydroxylation is 1. The second-order valence-corrected chi connectivity index (χ2v) is 8.91. The number of nitrogens with one attached hydrogen (secondary N) is 1. The van der Waals surface area contributed by atoms with Crippen molar-refractivity contribution in [3.63, 3.8) is 0 Å². The number of benzene rings is 1. The van der Waals surface area contributed by atoms with Crippen LogP contribution in [0.15, 0.2) is 45.9 Å². The van der Waals surface area contributed by atoms with E-state index in [-0.39, 0.29) is 41.0 Å². The Labute approximate surface area is 202 Å². The highest BCUT2D eigenvalue weighted by molar-refractivity contribution is 9.10. The summed E-state index contributed by atoms with van der Waals surface area (Å²) in [6.07, 6.45) is 2.97. The smallest absolute Gasteiger partial charge is 0.269 e. The van der Waals surface area contributed by atoms with Gasteiger partial charge in [0.25, 0.3) is 11.5 Å². The van der Waals surface area contributed by atoms with Crippen molar-refractivity contribution in [3.8, 4) is 5.75 Å². The van der Waals surface area contributed by atoms with Gasteiger partial charge in [0.2, 0.25) is 0 Å². The van der Waals surface area contributed by atoms with Gasteiger partial charge in [-0.2, -0.15) is 0 Å². The Morgan fingerprint density at radius 1 is 1.21 bits per heavy atom. The predicted molar refractivity (Wildman–Crippen MR) is 123 cm³/mol. The highest BCUT2D eigenvalue weighted by Gasteiger charge is 2.23. The van der Waals surface area contributed by atoms with E-state index in [0.29, 0.717) is 17.1 Å². The highest BCUT2D eigenvalue weighted by Crippen LogP contribution is 2.24. The summed E-state index contributed by atoms with van der Waals surface area (Å²) >= 11 is 3.24. The third-order valence-electron chi connectivity index (χ3n) is 4.88. The van der Waals surface area contributed by atoms with E-state index in [9.17, 15) is 23.5 Å². The molecule has 34 heavy (non-hydrogen) atoms. The number of aliphatic hydroxyl groups is 1. The molecule has 0 aliphatic rings. The van der Waals surface area contributed by atoms with Gasteiger partial charge in [-0.3, -0.25) is 19.6 Å². The van der Waals surface area contributed by atoms with Crippen molar-refractivity contribution < 1.29 is 23.4 Å². The van der Waals surface area contributed by atoms with Crippen LogP contribution in [-0.4, -0.2) is 31.1 Å². The summed E-state index contributed by atoms with van der Waals surface area (Å²) < 4.78 is 34.1. The van der Waals surface area contributed by atoms with Gasteiger partial charge in [0.1, 0.15) is 34.1 Å². The summed E-state index contributed by atoms with van der Waals surface area (Å²) in [7, 11) is 0. The number of ether oxygens (including phenoxy) is 1. The van der Waals surface area contributed by atoms with Crippen LogP contribution < -0.4 is 15.6 Å². The highest BCUT2D eigenvalue weighted by atomic mass is 79.9. The van der Waals surface area contributed by atoms with Crippen LogP contribution in [0.25, 0.3) is 0 Å². The van der Waals surface area contributed by atoms with E-state index in [1.807, 2.05) is 0 Å². The summed E-state index contributed by atoms with van der Waals surface area (Å²) in [5.41, 5.74) is -0.143. The van der Waals surface area contributed by atoms with Crippen molar-refractivity contribution in [2.75, 3.05) is 0 Å². The lowest BCUT2D eigenvalue weighted by Gasteiger charge is -2.16. The maximum absolute atomic E-state index is 13.8. The summed E-state index contributed by atoms with van der Waals surface area (Å²) in [6.45, 7) is 4.54. The quantitative estimate of drug-likeness (QED) is 0.458. The van der Waals surface area contributed by atoms with Crippen molar-refractivity contribution in [1.29, 1.82) is 0 Å². The molecule has 0 spiro atoms. The van der Waals surface area contributed by atoms with Gasteiger partial charge in [-0.1, -0.05) is 0 Å². The number of amides is 1. The molecule has 180 valence electrons. The van der Waals surface area contributed by atoms with Crippen LogP contribution in [0, 0.1) is 18.6 Å². The zero-order chi connectivity index (χ0) is 25.0. The molecule has 2 aromatic heterocycles. The molecule has 1 aromatic carbocycles. The number of nitrogens with zero attached hydrogens (tertiary/aromatic N) is 3. The van der Waals surface area contributed by atoms with E-state index in [1.54, 1.807) is 13.0 Å². The third-order valence-corrected chi connectivity index (χ3v) is 5.61. The van der Waals surface area contributed by atoms with E-state index in [4.69, 9.17) is 4.74 Å². The Morgan fingerprint density at radius 3 is 2.50 bits per heavy atom. The van der Waals surface area contributed by atoms with Crippen molar-refractivity contribution >= 4 is 21.8 Å². The van der Waals surface area contributed by atoms with Gasteiger partial charge in [-0.15, -0.1) is 0 Å². The molecule has 0 saturated carbocycles. The first-order valence-electron chi connectivity index (χ1n) is 10.2. The van der Waals surface area contributed by atoms with E-state index in [0.717, 1.165) is 12.1 Å². The number of hydrogen-bond acceptors (Lipinski definition) is 6. The van der Waals surface area contributed by atoms with Gasteiger partial charge in [0.05, 0.1) is 36.9 Å². The lowest BCUT2D eigenvalue weighted by molar-refractivity contribution is -0.136. The maximum atomic E-state index is 13.8. The Morgan fingerprint density at radius 2 is 1.88 bits per heavy atom. The molecule has 0 bridgehead atoms.